The van der Waals surface area contributed by atoms with Gasteiger partial charge in [0.15, 0.2) is 11.5 Å². The second-order valence-electron chi connectivity index (χ2n) is 6.02. The van der Waals surface area contributed by atoms with Gasteiger partial charge in [-0.05, 0) is 54.2 Å². The van der Waals surface area contributed by atoms with Gasteiger partial charge in [-0.3, -0.25) is 4.79 Å². The molecule has 0 spiro atoms. The van der Waals surface area contributed by atoms with Crippen molar-refractivity contribution in [3.05, 3.63) is 53.1 Å². The third kappa shape index (κ3) is 3.57. The molecular weight excluding hydrogens is 328 g/mol. The molecule has 2 aromatic carbocycles. The zero-order valence-corrected chi connectivity index (χ0v) is 14.1. The minimum Gasteiger partial charge on any atom is -0.493 e. The molecule has 0 aromatic heterocycles. The van der Waals surface area contributed by atoms with Gasteiger partial charge < -0.3 is 14.8 Å². The highest BCUT2D eigenvalue weighted by atomic mass is 19.1. The van der Waals surface area contributed by atoms with Gasteiger partial charge in [-0.25, -0.2) is 8.78 Å². The summed E-state index contributed by atoms with van der Waals surface area (Å²) in [5.41, 5.74) is 2.16. The fourth-order valence-corrected chi connectivity index (χ4v) is 3.25. The van der Waals surface area contributed by atoms with E-state index in [-0.39, 0.29) is 23.9 Å². The Hall–Kier alpha value is -2.63. The molecule has 0 fully saturated rings. The monoisotopic (exact) mass is 347 g/mol. The molecule has 1 N–H and O–H groups in total. The SMILES string of the molecule is COc1cc2c(cc1OC)C(CC(=O)Nc1ccc(F)cc1F)CC2. The number of rotatable bonds is 5. The Labute approximate surface area is 144 Å². The largest absolute Gasteiger partial charge is 0.493 e. The molecule has 1 atom stereocenters. The molecule has 0 aliphatic heterocycles. The van der Waals surface area contributed by atoms with Gasteiger partial charge in [0.2, 0.25) is 5.91 Å². The molecule has 6 heteroatoms. The van der Waals surface area contributed by atoms with Crippen molar-refractivity contribution in [1.29, 1.82) is 0 Å². The van der Waals surface area contributed by atoms with Crippen molar-refractivity contribution in [2.75, 3.05) is 19.5 Å². The smallest absolute Gasteiger partial charge is 0.225 e. The Kier molecular flexibility index (Phi) is 4.88. The number of amides is 1. The molecule has 1 aliphatic rings. The number of ether oxygens (including phenoxy) is 2. The molecule has 0 bridgehead atoms. The zero-order valence-electron chi connectivity index (χ0n) is 14.1. The van der Waals surface area contributed by atoms with Crippen molar-refractivity contribution in [3.63, 3.8) is 0 Å². The molecule has 0 heterocycles. The Morgan fingerprint density at radius 1 is 1.16 bits per heavy atom. The third-order valence-electron chi connectivity index (χ3n) is 4.48. The molecule has 0 saturated heterocycles. The van der Waals surface area contributed by atoms with Crippen LogP contribution in [0.5, 0.6) is 11.5 Å². The molecule has 1 aliphatic carbocycles. The van der Waals surface area contributed by atoms with Crippen LogP contribution in [-0.4, -0.2) is 20.1 Å². The highest BCUT2D eigenvalue weighted by Gasteiger charge is 2.27. The fraction of sp³-hybridized carbons (Fsp3) is 0.316. The highest BCUT2D eigenvalue weighted by molar-refractivity contribution is 5.91. The van der Waals surface area contributed by atoms with Crippen LogP contribution in [-0.2, 0) is 11.2 Å². The van der Waals surface area contributed by atoms with Crippen LogP contribution in [0, 0.1) is 11.6 Å². The van der Waals surface area contributed by atoms with Crippen molar-refractivity contribution in [3.8, 4) is 11.5 Å². The lowest BCUT2D eigenvalue weighted by Crippen LogP contribution is -2.15. The first-order chi connectivity index (χ1) is 12.0. The topological polar surface area (TPSA) is 47.6 Å². The summed E-state index contributed by atoms with van der Waals surface area (Å²) >= 11 is 0. The minimum absolute atomic E-state index is 0.0167. The number of carbonyl (C=O) groups is 1. The Morgan fingerprint density at radius 2 is 1.88 bits per heavy atom. The number of halogens is 2. The maximum absolute atomic E-state index is 13.7. The van der Waals surface area contributed by atoms with E-state index in [1.165, 1.54) is 6.07 Å². The van der Waals surface area contributed by atoms with Crippen LogP contribution in [0.4, 0.5) is 14.5 Å². The van der Waals surface area contributed by atoms with Crippen molar-refractivity contribution < 1.29 is 23.0 Å². The van der Waals surface area contributed by atoms with Gasteiger partial charge in [0, 0.05) is 12.5 Å². The van der Waals surface area contributed by atoms with Crippen LogP contribution in [0.2, 0.25) is 0 Å². The second kappa shape index (κ2) is 7.09. The normalized spacial score (nSPS) is 15.6. The number of hydrogen-bond acceptors (Lipinski definition) is 3. The summed E-state index contributed by atoms with van der Waals surface area (Å²) in [6.45, 7) is 0. The van der Waals surface area contributed by atoms with Crippen molar-refractivity contribution in [1.82, 2.24) is 0 Å². The number of aryl methyl sites for hydroxylation is 1. The molecule has 1 unspecified atom stereocenters. The van der Waals surface area contributed by atoms with Gasteiger partial charge in [-0.1, -0.05) is 0 Å². The van der Waals surface area contributed by atoms with Crippen LogP contribution in [0.15, 0.2) is 30.3 Å². The first-order valence-corrected chi connectivity index (χ1v) is 8.01. The number of fused-ring (bicyclic) bond motifs is 1. The molecule has 3 rings (SSSR count). The third-order valence-corrected chi connectivity index (χ3v) is 4.48. The lowest BCUT2D eigenvalue weighted by Gasteiger charge is -2.15. The predicted molar refractivity (Wildman–Crippen MR) is 90.2 cm³/mol. The van der Waals surface area contributed by atoms with Crippen molar-refractivity contribution in [2.24, 2.45) is 0 Å². The second-order valence-corrected chi connectivity index (χ2v) is 6.02. The van der Waals surface area contributed by atoms with Crippen LogP contribution >= 0.6 is 0 Å². The van der Waals surface area contributed by atoms with E-state index in [1.807, 2.05) is 12.1 Å². The number of methoxy groups -OCH3 is 2. The van der Waals surface area contributed by atoms with Gasteiger partial charge in [0.25, 0.3) is 0 Å². The Morgan fingerprint density at radius 3 is 2.56 bits per heavy atom. The lowest BCUT2D eigenvalue weighted by molar-refractivity contribution is -0.116. The number of carbonyl (C=O) groups excluding carboxylic acids is 1. The number of nitrogens with one attached hydrogen (secondary N) is 1. The van der Waals surface area contributed by atoms with E-state index >= 15 is 0 Å². The summed E-state index contributed by atoms with van der Waals surface area (Å²) in [6, 6.07) is 6.92. The van der Waals surface area contributed by atoms with E-state index in [9.17, 15) is 13.6 Å². The maximum Gasteiger partial charge on any atom is 0.225 e. The first kappa shape index (κ1) is 17.2. The van der Waals surface area contributed by atoms with E-state index < -0.39 is 11.6 Å². The van der Waals surface area contributed by atoms with Gasteiger partial charge in [0.1, 0.15) is 11.6 Å². The quantitative estimate of drug-likeness (QED) is 0.888. The molecule has 1 amide bonds. The summed E-state index contributed by atoms with van der Waals surface area (Å²) < 4.78 is 37.2. The summed E-state index contributed by atoms with van der Waals surface area (Å²) in [4.78, 5) is 12.3. The lowest BCUT2D eigenvalue weighted by atomic mass is 9.97. The minimum atomic E-state index is -0.786. The van der Waals surface area contributed by atoms with E-state index in [2.05, 4.69) is 5.32 Å². The van der Waals surface area contributed by atoms with E-state index in [4.69, 9.17) is 9.47 Å². The van der Waals surface area contributed by atoms with E-state index in [1.54, 1.807) is 14.2 Å². The molecule has 2 aromatic rings. The van der Waals surface area contributed by atoms with Crippen LogP contribution in [0.1, 0.15) is 29.9 Å². The van der Waals surface area contributed by atoms with Crippen LogP contribution in [0.3, 0.4) is 0 Å². The molecule has 25 heavy (non-hydrogen) atoms. The molecule has 132 valence electrons. The van der Waals surface area contributed by atoms with Crippen LogP contribution in [0.25, 0.3) is 0 Å². The summed E-state index contributed by atoms with van der Waals surface area (Å²) in [6.07, 6.45) is 1.89. The molecule has 0 saturated carbocycles. The number of hydrogen-bond donors (Lipinski definition) is 1. The van der Waals surface area contributed by atoms with Crippen molar-refractivity contribution >= 4 is 11.6 Å². The van der Waals surface area contributed by atoms with Gasteiger partial charge in [0.05, 0.1) is 19.9 Å². The summed E-state index contributed by atoms with van der Waals surface area (Å²) in [5, 5.41) is 2.51. The predicted octanol–water partition coefficient (Wildman–Crippen LogP) is 4.04. The van der Waals surface area contributed by atoms with Gasteiger partial charge in [-0.2, -0.15) is 0 Å². The fourth-order valence-electron chi connectivity index (χ4n) is 3.25. The summed E-state index contributed by atoms with van der Waals surface area (Å²) in [7, 11) is 3.15. The van der Waals surface area contributed by atoms with Crippen molar-refractivity contribution in [2.45, 2.75) is 25.2 Å². The average Bonchev–Trinajstić information content (AvgIpc) is 2.97. The standard InChI is InChI=1S/C19H19F2NO3/c1-24-17-7-11-3-4-12(14(11)10-18(17)25-2)8-19(23)22-16-6-5-13(20)9-15(16)21/h5-7,9-10,12H,3-4,8H2,1-2H3,(H,22,23). The van der Waals surface area contributed by atoms with Gasteiger partial charge in [-0.15, -0.1) is 0 Å². The summed E-state index contributed by atoms with van der Waals surface area (Å²) in [5.74, 6) is -0.456. The highest BCUT2D eigenvalue weighted by Crippen LogP contribution is 2.41. The van der Waals surface area contributed by atoms with E-state index in [0.29, 0.717) is 11.5 Å². The van der Waals surface area contributed by atoms with Gasteiger partial charge >= 0.3 is 0 Å². The zero-order chi connectivity index (χ0) is 18.0. The maximum atomic E-state index is 13.7. The van der Waals surface area contributed by atoms with E-state index in [0.717, 1.165) is 36.1 Å². The molecule has 4 nitrogen and oxygen atoms in total. The first-order valence-electron chi connectivity index (χ1n) is 8.01. The Balaban J connectivity index is 1.74. The number of benzene rings is 2. The molecule has 0 radical (unpaired) electrons. The van der Waals surface area contributed by atoms with Crippen LogP contribution < -0.4 is 14.8 Å². The Bertz CT molecular complexity index is 807. The number of anilines is 1. The average molecular weight is 347 g/mol. The molecular formula is C19H19F2NO3.